The lowest BCUT2D eigenvalue weighted by Crippen LogP contribution is -2.28. The third-order valence-corrected chi connectivity index (χ3v) is 2.73. The number of hydrogen-bond donors (Lipinski definition) is 0. The van der Waals surface area contributed by atoms with E-state index in [1.54, 1.807) is 6.92 Å². The van der Waals surface area contributed by atoms with Crippen LogP contribution in [0.25, 0.3) is 0 Å². The zero-order valence-electron chi connectivity index (χ0n) is 8.52. The molecule has 0 amide bonds. The van der Waals surface area contributed by atoms with Gasteiger partial charge in [-0.25, -0.2) is 0 Å². The van der Waals surface area contributed by atoms with E-state index < -0.39 is 5.41 Å². The predicted octanol–water partition coefficient (Wildman–Crippen LogP) is 2.28. The minimum Gasteiger partial charge on any atom is -0.299 e. The van der Waals surface area contributed by atoms with Crippen LogP contribution in [0.4, 0.5) is 0 Å². The van der Waals surface area contributed by atoms with Crippen molar-refractivity contribution in [2.75, 3.05) is 0 Å². The fourth-order valence-corrected chi connectivity index (χ4v) is 1.57. The van der Waals surface area contributed by atoms with Crippen molar-refractivity contribution < 1.29 is 9.59 Å². The molecule has 0 unspecified atom stereocenters. The van der Waals surface area contributed by atoms with E-state index in [9.17, 15) is 9.59 Å². The Kier molecular flexibility index (Phi) is 2.69. The second-order valence-electron chi connectivity index (χ2n) is 4.16. The highest BCUT2D eigenvalue weighted by Crippen LogP contribution is 2.34. The van der Waals surface area contributed by atoms with Gasteiger partial charge < -0.3 is 0 Å². The molecule has 0 N–H and O–H groups in total. The van der Waals surface area contributed by atoms with Crippen molar-refractivity contribution in [2.24, 2.45) is 5.41 Å². The van der Waals surface area contributed by atoms with Gasteiger partial charge >= 0.3 is 0 Å². The highest BCUT2D eigenvalue weighted by atomic mass is 16.2. The molecule has 1 fully saturated rings. The second kappa shape index (κ2) is 3.44. The third kappa shape index (κ3) is 1.87. The lowest BCUT2D eigenvalue weighted by Gasteiger charge is -2.17. The zero-order chi connectivity index (χ0) is 10.1. The zero-order valence-corrected chi connectivity index (χ0v) is 8.52. The number of rotatable bonds is 2. The Morgan fingerprint density at radius 3 is 2.15 bits per heavy atom. The van der Waals surface area contributed by atoms with Gasteiger partial charge in [-0.1, -0.05) is 11.6 Å². The maximum absolute atomic E-state index is 11.5. The van der Waals surface area contributed by atoms with Crippen LogP contribution in [0.5, 0.6) is 0 Å². The van der Waals surface area contributed by atoms with E-state index in [1.807, 2.05) is 19.9 Å². The number of carbonyl (C=O) groups excluding carboxylic acids is 2. The molecule has 72 valence electrons. The Morgan fingerprint density at radius 1 is 1.31 bits per heavy atom. The molecule has 0 aliphatic heterocycles. The summed E-state index contributed by atoms with van der Waals surface area (Å²) in [5.41, 5.74) is 0.450. The Bertz CT molecular complexity index is 254. The number of hydrogen-bond acceptors (Lipinski definition) is 2. The van der Waals surface area contributed by atoms with E-state index in [2.05, 4.69) is 0 Å². The summed E-state index contributed by atoms with van der Waals surface area (Å²) in [6.07, 6.45) is 3.42. The van der Waals surface area contributed by atoms with Gasteiger partial charge in [0, 0.05) is 12.8 Å². The topological polar surface area (TPSA) is 34.1 Å². The molecule has 2 heteroatoms. The molecule has 0 atom stereocenters. The van der Waals surface area contributed by atoms with Gasteiger partial charge in [-0.15, -0.1) is 0 Å². The average molecular weight is 180 g/mol. The van der Waals surface area contributed by atoms with Gasteiger partial charge in [0.25, 0.3) is 0 Å². The van der Waals surface area contributed by atoms with E-state index in [1.165, 1.54) is 0 Å². The summed E-state index contributed by atoms with van der Waals surface area (Å²) in [5, 5.41) is 0. The SMILES string of the molecule is CC(C)=CCC1(C)C(=O)CCC1=O. The van der Waals surface area contributed by atoms with E-state index in [-0.39, 0.29) is 11.6 Å². The number of allylic oxidation sites excluding steroid dienone is 2. The second-order valence-corrected chi connectivity index (χ2v) is 4.16. The molecule has 0 aromatic rings. The first kappa shape index (κ1) is 10.2. The van der Waals surface area contributed by atoms with Crippen LogP contribution >= 0.6 is 0 Å². The first-order valence-corrected chi connectivity index (χ1v) is 4.67. The van der Waals surface area contributed by atoms with Gasteiger partial charge in [-0.2, -0.15) is 0 Å². The lowest BCUT2D eigenvalue weighted by molar-refractivity contribution is -0.133. The molecule has 0 heterocycles. The van der Waals surface area contributed by atoms with Crippen molar-refractivity contribution in [2.45, 2.75) is 40.0 Å². The largest absolute Gasteiger partial charge is 0.299 e. The molecule has 2 nitrogen and oxygen atoms in total. The van der Waals surface area contributed by atoms with Gasteiger partial charge in [0.2, 0.25) is 0 Å². The van der Waals surface area contributed by atoms with Gasteiger partial charge in [-0.05, 0) is 27.2 Å². The number of carbonyl (C=O) groups is 2. The first-order valence-electron chi connectivity index (χ1n) is 4.67. The van der Waals surface area contributed by atoms with Crippen molar-refractivity contribution in [3.8, 4) is 0 Å². The van der Waals surface area contributed by atoms with Crippen molar-refractivity contribution in [3.05, 3.63) is 11.6 Å². The molecule has 0 bridgehead atoms. The Hall–Kier alpha value is -0.920. The van der Waals surface area contributed by atoms with Crippen LogP contribution in [0.2, 0.25) is 0 Å². The van der Waals surface area contributed by atoms with Crippen molar-refractivity contribution in [1.82, 2.24) is 0 Å². The molecule has 0 radical (unpaired) electrons. The molecular formula is C11H16O2. The van der Waals surface area contributed by atoms with Gasteiger partial charge in [0.05, 0.1) is 5.41 Å². The molecular weight excluding hydrogens is 164 g/mol. The maximum atomic E-state index is 11.5. The highest BCUT2D eigenvalue weighted by Gasteiger charge is 2.43. The summed E-state index contributed by atoms with van der Waals surface area (Å²) in [5.74, 6) is 0.213. The van der Waals surface area contributed by atoms with Crippen LogP contribution in [-0.4, -0.2) is 11.6 Å². The smallest absolute Gasteiger partial charge is 0.146 e. The highest BCUT2D eigenvalue weighted by molar-refractivity contribution is 6.12. The van der Waals surface area contributed by atoms with Crippen molar-refractivity contribution in [1.29, 1.82) is 0 Å². The van der Waals surface area contributed by atoms with Crippen LogP contribution in [0.3, 0.4) is 0 Å². The first-order chi connectivity index (χ1) is 5.97. The molecule has 1 saturated carbocycles. The summed E-state index contributed by atoms with van der Waals surface area (Å²) in [6, 6.07) is 0. The average Bonchev–Trinajstić information content (AvgIpc) is 2.31. The molecule has 1 aliphatic carbocycles. The van der Waals surface area contributed by atoms with E-state index in [0.29, 0.717) is 19.3 Å². The van der Waals surface area contributed by atoms with Crippen molar-refractivity contribution >= 4 is 11.6 Å². The van der Waals surface area contributed by atoms with Crippen molar-refractivity contribution in [3.63, 3.8) is 0 Å². The van der Waals surface area contributed by atoms with Crippen LogP contribution in [-0.2, 0) is 9.59 Å². The molecule has 1 aliphatic rings. The van der Waals surface area contributed by atoms with E-state index in [0.717, 1.165) is 5.57 Å². The minimum atomic E-state index is -0.711. The molecule has 0 spiro atoms. The van der Waals surface area contributed by atoms with E-state index >= 15 is 0 Å². The quantitative estimate of drug-likeness (QED) is 0.482. The summed E-state index contributed by atoms with van der Waals surface area (Å²) < 4.78 is 0. The Labute approximate surface area is 79.0 Å². The fourth-order valence-electron chi connectivity index (χ4n) is 1.57. The van der Waals surface area contributed by atoms with Crippen LogP contribution in [0.15, 0.2) is 11.6 Å². The summed E-state index contributed by atoms with van der Waals surface area (Å²) in [6.45, 7) is 5.73. The lowest BCUT2D eigenvalue weighted by atomic mass is 9.83. The van der Waals surface area contributed by atoms with Gasteiger partial charge in [0.15, 0.2) is 0 Å². The standard InChI is InChI=1S/C11H16O2/c1-8(2)6-7-11(3)9(12)4-5-10(11)13/h6H,4-5,7H2,1-3H3. The number of Topliss-reactive ketones (excluding diaryl/α,β-unsaturated/α-hetero) is 2. The minimum absolute atomic E-state index is 0.106. The van der Waals surface area contributed by atoms with Gasteiger partial charge in [0.1, 0.15) is 11.6 Å². The number of ketones is 2. The molecule has 0 aromatic carbocycles. The monoisotopic (exact) mass is 180 g/mol. The molecule has 1 rings (SSSR count). The van der Waals surface area contributed by atoms with Crippen LogP contribution in [0, 0.1) is 5.41 Å². The van der Waals surface area contributed by atoms with Gasteiger partial charge in [-0.3, -0.25) is 9.59 Å². The Balaban J connectivity index is 2.80. The Morgan fingerprint density at radius 2 is 1.77 bits per heavy atom. The molecule has 0 saturated heterocycles. The molecule has 13 heavy (non-hydrogen) atoms. The normalized spacial score (nSPS) is 20.5. The fraction of sp³-hybridized carbons (Fsp3) is 0.636. The summed E-state index contributed by atoms with van der Waals surface area (Å²) in [4.78, 5) is 22.9. The molecule has 0 aromatic heterocycles. The summed E-state index contributed by atoms with van der Waals surface area (Å²) >= 11 is 0. The third-order valence-electron chi connectivity index (χ3n) is 2.73. The maximum Gasteiger partial charge on any atom is 0.146 e. The summed E-state index contributed by atoms with van der Waals surface area (Å²) in [7, 11) is 0. The van der Waals surface area contributed by atoms with Crippen LogP contribution in [0.1, 0.15) is 40.0 Å². The van der Waals surface area contributed by atoms with E-state index in [4.69, 9.17) is 0 Å². The van der Waals surface area contributed by atoms with Crippen LogP contribution < -0.4 is 0 Å². The predicted molar refractivity (Wildman–Crippen MR) is 51.4 cm³/mol.